The number of hydrogen-bond acceptors (Lipinski definition) is 2. The number of carboxylic acid groups (broad SMARTS) is 1. The van der Waals surface area contributed by atoms with Crippen LogP contribution in [0.5, 0.6) is 0 Å². The number of thiophene rings is 1. The minimum atomic E-state index is -0.858. The van der Waals surface area contributed by atoms with Crippen molar-refractivity contribution in [2.75, 3.05) is 0 Å². The summed E-state index contributed by atoms with van der Waals surface area (Å²) in [5.74, 6) is -0.858. The maximum Gasteiger partial charge on any atom is 0.338 e. The number of carbonyl (C=O) groups is 1. The van der Waals surface area contributed by atoms with Gasteiger partial charge in [0.25, 0.3) is 0 Å². The number of nitrogens with zero attached hydrogens (tertiary/aromatic N) is 1. The van der Waals surface area contributed by atoms with Gasteiger partial charge in [-0.1, -0.05) is 6.92 Å². The lowest BCUT2D eigenvalue weighted by Gasteiger charge is -2.07. The molecule has 0 aromatic carbocycles. The van der Waals surface area contributed by atoms with Crippen molar-refractivity contribution in [2.24, 2.45) is 0 Å². The standard InChI is InChI=1S/C13H15NO2S/c1-4-10-7-11(13(15)16)12(17-10)14-8(2)5-6-9(14)3/h5-7H,4H2,1-3H3,(H,15,16). The molecule has 0 spiro atoms. The molecule has 0 saturated carbocycles. The van der Waals surface area contributed by atoms with Gasteiger partial charge in [-0.3, -0.25) is 0 Å². The summed E-state index contributed by atoms with van der Waals surface area (Å²) in [6.45, 7) is 6.02. The molecule has 1 N–H and O–H groups in total. The van der Waals surface area contributed by atoms with Crippen LogP contribution in [0.25, 0.3) is 5.00 Å². The van der Waals surface area contributed by atoms with Gasteiger partial charge < -0.3 is 9.67 Å². The van der Waals surface area contributed by atoms with Crippen LogP contribution in [0.4, 0.5) is 0 Å². The highest BCUT2D eigenvalue weighted by Crippen LogP contribution is 2.29. The third kappa shape index (κ3) is 2.00. The van der Waals surface area contributed by atoms with Crippen LogP contribution in [-0.4, -0.2) is 15.6 Å². The molecule has 2 rings (SSSR count). The van der Waals surface area contributed by atoms with Gasteiger partial charge in [-0.15, -0.1) is 11.3 Å². The van der Waals surface area contributed by atoms with Crippen molar-refractivity contribution in [1.29, 1.82) is 0 Å². The van der Waals surface area contributed by atoms with Gasteiger partial charge in [0.1, 0.15) is 5.00 Å². The minimum Gasteiger partial charge on any atom is -0.478 e. The molecule has 0 aliphatic heterocycles. The van der Waals surface area contributed by atoms with Crippen LogP contribution in [0.2, 0.25) is 0 Å². The first-order valence-corrected chi connectivity index (χ1v) is 6.37. The number of carboxylic acids is 1. The molecule has 2 heterocycles. The average molecular weight is 249 g/mol. The Morgan fingerprint density at radius 3 is 2.41 bits per heavy atom. The van der Waals surface area contributed by atoms with E-state index in [1.165, 1.54) is 0 Å². The molecule has 90 valence electrons. The Kier molecular flexibility index (Phi) is 3.07. The molecule has 0 amide bonds. The zero-order valence-electron chi connectivity index (χ0n) is 10.2. The number of aromatic nitrogens is 1. The van der Waals surface area contributed by atoms with Gasteiger partial charge in [0, 0.05) is 16.3 Å². The molecule has 0 radical (unpaired) electrons. The monoisotopic (exact) mass is 249 g/mol. The van der Waals surface area contributed by atoms with E-state index >= 15 is 0 Å². The highest BCUT2D eigenvalue weighted by molar-refractivity contribution is 7.15. The fourth-order valence-electron chi connectivity index (χ4n) is 1.91. The van der Waals surface area contributed by atoms with Crippen LogP contribution >= 0.6 is 11.3 Å². The molecule has 0 bridgehead atoms. The zero-order valence-corrected chi connectivity index (χ0v) is 11.0. The second-order valence-corrected chi connectivity index (χ2v) is 5.16. The first-order valence-electron chi connectivity index (χ1n) is 5.56. The van der Waals surface area contributed by atoms with Crippen molar-refractivity contribution in [1.82, 2.24) is 4.57 Å². The first kappa shape index (κ1) is 11.9. The SMILES string of the molecule is CCc1cc(C(=O)O)c(-n2c(C)ccc2C)s1. The number of aryl methyl sites for hydroxylation is 3. The largest absolute Gasteiger partial charge is 0.478 e. The Balaban J connectivity index is 2.66. The van der Waals surface area contributed by atoms with Gasteiger partial charge in [0.2, 0.25) is 0 Å². The summed E-state index contributed by atoms with van der Waals surface area (Å²) in [6.07, 6.45) is 0.865. The summed E-state index contributed by atoms with van der Waals surface area (Å²) in [5, 5.41) is 10.1. The molecule has 0 aliphatic rings. The molecule has 0 saturated heterocycles. The Hall–Kier alpha value is -1.55. The van der Waals surface area contributed by atoms with Crippen LogP contribution < -0.4 is 0 Å². The molecular formula is C13H15NO2S. The van der Waals surface area contributed by atoms with Gasteiger partial charge in [0.05, 0.1) is 5.56 Å². The van der Waals surface area contributed by atoms with E-state index in [0.29, 0.717) is 5.56 Å². The summed E-state index contributed by atoms with van der Waals surface area (Å²) in [4.78, 5) is 12.4. The van der Waals surface area contributed by atoms with Crippen molar-refractivity contribution >= 4 is 17.3 Å². The lowest BCUT2D eigenvalue weighted by atomic mass is 10.2. The van der Waals surface area contributed by atoms with E-state index in [4.69, 9.17) is 0 Å². The Morgan fingerprint density at radius 1 is 1.35 bits per heavy atom. The fraction of sp³-hybridized carbons (Fsp3) is 0.308. The van der Waals surface area contributed by atoms with E-state index in [0.717, 1.165) is 27.7 Å². The number of rotatable bonds is 3. The Bertz CT molecular complexity index is 546. The third-order valence-electron chi connectivity index (χ3n) is 2.82. The Labute approximate surface area is 104 Å². The van der Waals surface area contributed by atoms with E-state index in [9.17, 15) is 9.90 Å². The Morgan fingerprint density at radius 2 is 1.94 bits per heavy atom. The second kappa shape index (κ2) is 4.37. The molecule has 0 fully saturated rings. The predicted molar refractivity (Wildman–Crippen MR) is 69.5 cm³/mol. The van der Waals surface area contributed by atoms with Crippen molar-refractivity contribution < 1.29 is 9.90 Å². The van der Waals surface area contributed by atoms with E-state index in [1.807, 2.05) is 37.5 Å². The van der Waals surface area contributed by atoms with Crippen LogP contribution in [0.3, 0.4) is 0 Å². The lowest BCUT2D eigenvalue weighted by Crippen LogP contribution is -2.03. The highest BCUT2D eigenvalue weighted by Gasteiger charge is 2.18. The fourth-order valence-corrected chi connectivity index (χ4v) is 3.12. The van der Waals surface area contributed by atoms with Gasteiger partial charge in [-0.2, -0.15) is 0 Å². The van der Waals surface area contributed by atoms with Gasteiger partial charge in [-0.05, 0) is 38.5 Å². The van der Waals surface area contributed by atoms with E-state index < -0.39 is 5.97 Å². The number of aromatic carboxylic acids is 1. The molecule has 17 heavy (non-hydrogen) atoms. The van der Waals surface area contributed by atoms with Gasteiger partial charge >= 0.3 is 5.97 Å². The van der Waals surface area contributed by atoms with Crippen LogP contribution in [0, 0.1) is 13.8 Å². The average Bonchev–Trinajstić information content (AvgIpc) is 2.82. The van der Waals surface area contributed by atoms with Crippen molar-refractivity contribution in [3.05, 3.63) is 40.0 Å². The second-order valence-electron chi connectivity index (χ2n) is 4.04. The number of hydrogen-bond donors (Lipinski definition) is 1. The molecule has 0 unspecified atom stereocenters. The molecule has 0 aliphatic carbocycles. The summed E-state index contributed by atoms with van der Waals surface area (Å²) in [6, 6.07) is 5.79. The van der Waals surface area contributed by atoms with Crippen LogP contribution in [0.1, 0.15) is 33.5 Å². The smallest absolute Gasteiger partial charge is 0.338 e. The topological polar surface area (TPSA) is 42.2 Å². The summed E-state index contributed by atoms with van der Waals surface area (Å²) in [7, 11) is 0. The molecule has 4 heteroatoms. The van der Waals surface area contributed by atoms with Crippen LogP contribution in [-0.2, 0) is 6.42 Å². The van der Waals surface area contributed by atoms with Gasteiger partial charge in [-0.25, -0.2) is 4.79 Å². The maximum atomic E-state index is 11.3. The minimum absolute atomic E-state index is 0.397. The van der Waals surface area contributed by atoms with Crippen LogP contribution in [0.15, 0.2) is 18.2 Å². The van der Waals surface area contributed by atoms with E-state index in [2.05, 4.69) is 0 Å². The summed E-state index contributed by atoms with van der Waals surface area (Å²) < 4.78 is 2.01. The highest BCUT2D eigenvalue weighted by atomic mass is 32.1. The molecular weight excluding hydrogens is 234 g/mol. The van der Waals surface area contributed by atoms with E-state index in [-0.39, 0.29) is 0 Å². The summed E-state index contributed by atoms with van der Waals surface area (Å²) in [5.41, 5.74) is 2.53. The van der Waals surface area contributed by atoms with E-state index in [1.54, 1.807) is 17.4 Å². The molecule has 0 atom stereocenters. The van der Waals surface area contributed by atoms with Gasteiger partial charge in [0.15, 0.2) is 0 Å². The lowest BCUT2D eigenvalue weighted by molar-refractivity contribution is 0.0697. The quantitative estimate of drug-likeness (QED) is 0.905. The van der Waals surface area contributed by atoms with Crippen molar-refractivity contribution in [3.63, 3.8) is 0 Å². The molecule has 2 aromatic rings. The first-order chi connectivity index (χ1) is 8.04. The zero-order chi connectivity index (χ0) is 12.6. The molecule has 2 aromatic heterocycles. The maximum absolute atomic E-state index is 11.3. The van der Waals surface area contributed by atoms with Crippen molar-refractivity contribution in [2.45, 2.75) is 27.2 Å². The summed E-state index contributed by atoms with van der Waals surface area (Å²) >= 11 is 1.56. The third-order valence-corrected chi connectivity index (χ3v) is 4.08. The predicted octanol–water partition coefficient (Wildman–Crippen LogP) is 3.42. The molecule has 3 nitrogen and oxygen atoms in total. The normalized spacial score (nSPS) is 10.8. The van der Waals surface area contributed by atoms with Crippen molar-refractivity contribution in [3.8, 4) is 5.00 Å².